The van der Waals surface area contributed by atoms with Gasteiger partial charge in [0.15, 0.2) is 5.96 Å². The standard InChI is InChI=1S/C40H75N15O7S/c41-16-7-2-5-14-35(58)55(24-21-49-38(61)31(11-9-19-51-40(46)47)53(22-18-43)36(59)15-25-63)32(26-29-27-48-28-52-29)39(62)50-20-23-54(30(37(45)60)10-6-8-17-42)34(57)13-4-1-3-12-33(44)56/h27-28,30-32,63H,1-26,41-43H2,(H2,44,56)(H2,45,60)(H,48,52)(H,49,61)(H,50,62)(H4,46,47,51)/t30-,31-,32-/m0/s1. The van der Waals surface area contributed by atoms with Crippen molar-refractivity contribution in [2.45, 2.75) is 121 Å². The molecule has 0 aliphatic heterocycles. The summed E-state index contributed by atoms with van der Waals surface area (Å²) < 4.78 is 0. The van der Waals surface area contributed by atoms with Gasteiger partial charge in [-0.1, -0.05) is 12.8 Å². The van der Waals surface area contributed by atoms with Crippen molar-refractivity contribution >= 4 is 59.9 Å². The third-order valence-corrected chi connectivity index (χ3v) is 10.5. The summed E-state index contributed by atoms with van der Waals surface area (Å²) >= 11 is 4.19. The van der Waals surface area contributed by atoms with Gasteiger partial charge in [-0.3, -0.25) is 38.6 Å². The number of amides is 7. The summed E-state index contributed by atoms with van der Waals surface area (Å²) in [6.07, 6.45) is 8.93. The molecule has 1 aromatic rings. The predicted molar refractivity (Wildman–Crippen MR) is 244 cm³/mol. The van der Waals surface area contributed by atoms with Crippen LogP contribution in [-0.4, -0.2) is 155 Å². The molecule has 0 saturated carbocycles. The predicted octanol–water partition coefficient (Wildman–Crippen LogP) is -2.32. The Balaban J connectivity index is 3.43. The molecular weight excluding hydrogens is 835 g/mol. The van der Waals surface area contributed by atoms with Crippen molar-refractivity contribution < 1.29 is 33.6 Å². The van der Waals surface area contributed by atoms with E-state index in [4.69, 9.17) is 40.1 Å². The molecule has 63 heavy (non-hydrogen) atoms. The molecule has 1 rings (SSSR count). The molecule has 0 aliphatic carbocycles. The topological polar surface area (TPSA) is 376 Å². The van der Waals surface area contributed by atoms with Crippen molar-refractivity contribution in [3.63, 3.8) is 0 Å². The maximum absolute atomic E-state index is 14.3. The van der Waals surface area contributed by atoms with Crippen LogP contribution in [0, 0.1) is 0 Å². The second-order valence-corrected chi connectivity index (χ2v) is 15.6. The Bertz CT molecular complexity index is 1550. The number of nitrogens with zero attached hydrogens (tertiary/aromatic N) is 5. The van der Waals surface area contributed by atoms with Crippen molar-refractivity contribution in [3.05, 3.63) is 18.2 Å². The normalized spacial score (nSPS) is 12.4. The van der Waals surface area contributed by atoms with Crippen LogP contribution in [0.15, 0.2) is 17.5 Å². The maximum Gasteiger partial charge on any atom is 0.243 e. The Morgan fingerprint density at radius 3 is 1.68 bits per heavy atom. The van der Waals surface area contributed by atoms with Crippen molar-refractivity contribution in [1.29, 1.82) is 0 Å². The van der Waals surface area contributed by atoms with E-state index in [9.17, 15) is 33.6 Å². The van der Waals surface area contributed by atoms with E-state index in [1.165, 1.54) is 27.2 Å². The van der Waals surface area contributed by atoms with E-state index in [1.807, 2.05) is 0 Å². The quantitative estimate of drug-likeness (QED) is 0.0145. The van der Waals surface area contributed by atoms with Crippen molar-refractivity contribution in [2.75, 3.05) is 64.7 Å². The molecule has 0 aliphatic rings. The number of hydrogen-bond donors (Lipinski definition) is 11. The lowest BCUT2D eigenvalue weighted by Crippen LogP contribution is -2.56. The van der Waals surface area contributed by atoms with E-state index in [-0.39, 0.29) is 120 Å². The number of H-pyrrole nitrogens is 1. The van der Waals surface area contributed by atoms with Gasteiger partial charge in [0, 0.05) is 89.8 Å². The number of aromatic nitrogens is 2. The summed E-state index contributed by atoms with van der Waals surface area (Å²) in [7, 11) is 0. The largest absolute Gasteiger partial charge is 0.370 e. The number of carbonyl (C=O) groups excluding carboxylic acids is 7. The molecule has 0 bridgehead atoms. The molecule has 0 saturated heterocycles. The molecule has 17 N–H and O–H groups in total. The van der Waals surface area contributed by atoms with Gasteiger partial charge in [0.05, 0.1) is 6.33 Å². The molecule has 7 amide bonds. The highest BCUT2D eigenvalue weighted by atomic mass is 32.1. The molecule has 22 nitrogen and oxygen atoms in total. The van der Waals surface area contributed by atoms with Gasteiger partial charge in [-0.15, -0.1) is 0 Å². The van der Waals surface area contributed by atoms with Crippen LogP contribution >= 0.6 is 12.6 Å². The van der Waals surface area contributed by atoms with Gasteiger partial charge in [0.25, 0.3) is 0 Å². The Hall–Kier alpha value is -5.00. The van der Waals surface area contributed by atoms with E-state index in [0.717, 1.165) is 0 Å². The van der Waals surface area contributed by atoms with E-state index >= 15 is 0 Å². The SMILES string of the molecule is NCCCCCC(=O)N(CCNC(=O)[C@H](CCCN=C(N)N)N(CCN)C(=O)CCS)[C@@H](Cc1cnc[nH]1)C(=O)NCCN(C(=O)CCCCCC(N)=O)[C@@H](CCCCN)C(N)=O. The second-order valence-electron chi connectivity index (χ2n) is 15.2. The van der Waals surface area contributed by atoms with E-state index in [1.54, 1.807) is 0 Å². The number of carbonyl (C=O) groups is 7. The zero-order valence-corrected chi connectivity index (χ0v) is 37.7. The Morgan fingerprint density at radius 1 is 0.635 bits per heavy atom. The van der Waals surface area contributed by atoms with Crippen molar-refractivity contribution in [3.8, 4) is 0 Å². The molecule has 0 radical (unpaired) electrons. The molecule has 3 atom stereocenters. The molecule has 0 aromatic carbocycles. The lowest BCUT2D eigenvalue weighted by Gasteiger charge is -2.33. The molecular formula is C40H75N15O7S. The van der Waals surface area contributed by atoms with Crippen LogP contribution in [0.1, 0.15) is 102 Å². The minimum Gasteiger partial charge on any atom is -0.370 e. The van der Waals surface area contributed by atoms with Crippen molar-refractivity contribution in [2.24, 2.45) is 45.1 Å². The first kappa shape index (κ1) is 56.0. The fraction of sp³-hybridized carbons (Fsp3) is 0.725. The lowest BCUT2D eigenvalue weighted by molar-refractivity contribution is -0.142. The number of nitrogens with one attached hydrogen (secondary N) is 3. The fourth-order valence-corrected chi connectivity index (χ4v) is 7.21. The number of unbranched alkanes of at least 4 members (excludes halogenated alkanes) is 5. The average molecular weight is 910 g/mol. The van der Waals surface area contributed by atoms with Gasteiger partial charge in [0.2, 0.25) is 41.4 Å². The number of hydrogen-bond acceptors (Lipinski definition) is 13. The van der Waals surface area contributed by atoms with Gasteiger partial charge in [-0.25, -0.2) is 4.98 Å². The molecule has 0 unspecified atom stereocenters. The minimum absolute atomic E-state index is 0.0290. The highest BCUT2D eigenvalue weighted by Gasteiger charge is 2.33. The highest BCUT2D eigenvalue weighted by molar-refractivity contribution is 7.80. The molecule has 0 fully saturated rings. The number of imidazole rings is 1. The monoisotopic (exact) mass is 910 g/mol. The van der Waals surface area contributed by atoms with Crippen LogP contribution in [0.4, 0.5) is 0 Å². The van der Waals surface area contributed by atoms with Crippen LogP contribution in [0.5, 0.6) is 0 Å². The summed E-state index contributed by atoms with van der Waals surface area (Å²) in [6, 6.07) is -2.98. The Morgan fingerprint density at radius 2 is 1.16 bits per heavy atom. The molecule has 23 heteroatoms. The van der Waals surface area contributed by atoms with Crippen LogP contribution < -0.4 is 50.8 Å². The summed E-state index contributed by atoms with van der Waals surface area (Å²) in [4.78, 5) is 108. The minimum atomic E-state index is -1.10. The van der Waals surface area contributed by atoms with Crippen molar-refractivity contribution in [1.82, 2.24) is 35.3 Å². The summed E-state index contributed by atoms with van der Waals surface area (Å²) in [5.74, 6) is -2.99. The zero-order chi connectivity index (χ0) is 47.0. The number of aromatic amines is 1. The molecule has 1 heterocycles. The number of primary amides is 2. The Kier molecular flexibility index (Phi) is 29.8. The van der Waals surface area contributed by atoms with E-state index in [0.29, 0.717) is 76.6 Å². The van der Waals surface area contributed by atoms with Crippen LogP contribution in [0.2, 0.25) is 0 Å². The number of rotatable bonds is 37. The maximum atomic E-state index is 14.3. The van der Waals surface area contributed by atoms with Gasteiger partial charge in [0.1, 0.15) is 18.1 Å². The number of thiol groups is 1. The summed E-state index contributed by atoms with van der Waals surface area (Å²) in [5, 5.41) is 5.74. The number of aliphatic imine (C=N–C) groups is 1. The highest BCUT2D eigenvalue weighted by Crippen LogP contribution is 2.16. The van der Waals surface area contributed by atoms with Crippen LogP contribution in [0.25, 0.3) is 0 Å². The zero-order valence-electron chi connectivity index (χ0n) is 36.9. The first-order valence-corrected chi connectivity index (χ1v) is 22.6. The van der Waals surface area contributed by atoms with E-state index < -0.39 is 41.8 Å². The molecule has 358 valence electrons. The fourth-order valence-electron chi connectivity index (χ4n) is 7.02. The second kappa shape index (κ2) is 33.5. The number of guanidine groups is 1. The van der Waals surface area contributed by atoms with Gasteiger partial charge in [-0.05, 0) is 76.6 Å². The van der Waals surface area contributed by atoms with Gasteiger partial charge < -0.3 is 70.5 Å². The first-order valence-electron chi connectivity index (χ1n) is 22.0. The smallest absolute Gasteiger partial charge is 0.243 e. The first-order chi connectivity index (χ1) is 30.2. The summed E-state index contributed by atoms with van der Waals surface area (Å²) in [6.45, 7) is 0.990. The number of nitrogens with two attached hydrogens (primary N) is 7. The summed E-state index contributed by atoms with van der Waals surface area (Å²) in [5.41, 5.74) is 39.8. The average Bonchev–Trinajstić information content (AvgIpc) is 3.76. The third-order valence-electron chi connectivity index (χ3n) is 10.3. The molecule has 0 spiro atoms. The lowest BCUT2D eigenvalue weighted by atomic mass is 10.0. The van der Waals surface area contributed by atoms with Gasteiger partial charge in [-0.2, -0.15) is 12.6 Å². The van der Waals surface area contributed by atoms with Crippen LogP contribution in [-0.2, 0) is 40.0 Å². The Labute approximate surface area is 376 Å². The van der Waals surface area contributed by atoms with Gasteiger partial charge >= 0.3 is 0 Å². The van der Waals surface area contributed by atoms with E-state index in [2.05, 4.69) is 38.2 Å². The van der Waals surface area contributed by atoms with Crippen LogP contribution in [0.3, 0.4) is 0 Å². The molecule has 1 aromatic heterocycles. The third kappa shape index (κ3) is 23.3.